The number of quaternary nitrogens is 1. The second-order valence-electron chi connectivity index (χ2n) is 6.17. The second-order valence-corrected chi connectivity index (χ2v) is 6.17. The Morgan fingerprint density at radius 2 is 1.92 bits per heavy atom. The Bertz CT molecular complexity index is 771. The molecule has 6 nitrogen and oxygen atoms in total. The fourth-order valence-electron chi connectivity index (χ4n) is 2.71. The van der Waals surface area contributed by atoms with Crippen LogP contribution in [0.4, 0.5) is 0 Å². The zero-order valence-corrected chi connectivity index (χ0v) is 14.8. The molecule has 0 aliphatic rings. The molecule has 0 saturated heterocycles. The smallest absolute Gasteiger partial charge is 0.340 e. The lowest BCUT2D eigenvalue weighted by Crippen LogP contribution is -3.09. The van der Waals surface area contributed by atoms with Crippen LogP contribution in [0, 0.1) is 6.92 Å². The lowest BCUT2D eigenvalue weighted by atomic mass is 10.0. The number of ether oxygens (including phenoxy) is 1. The maximum Gasteiger partial charge on any atom is 0.340 e. The molecule has 1 amide bonds. The first-order chi connectivity index (χ1) is 11.3. The number of nitrogens with one attached hydrogen (secondary N) is 1. The zero-order valence-electron chi connectivity index (χ0n) is 14.8. The van der Waals surface area contributed by atoms with E-state index >= 15 is 0 Å². The van der Waals surface area contributed by atoms with Crippen molar-refractivity contribution in [3.8, 4) is 0 Å². The van der Waals surface area contributed by atoms with Crippen LogP contribution < -0.4 is 4.90 Å². The molecule has 0 spiro atoms. The average Bonchev–Trinajstić information content (AvgIpc) is 2.54. The van der Waals surface area contributed by atoms with Gasteiger partial charge in [-0.15, -0.1) is 0 Å². The molecule has 6 heteroatoms. The Balaban J connectivity index is 2.44. The van der Waals surface area contributed by atoms with Crippen molar-refractivity contribution >= 4 is 22.8 Å². The third-order valence-corrected chi connectivity index (χ3v) is 4.04. The Labute approximate surface area is 142 Å². The van der Waals surface area contributed by atoms with Crippen LogP contribution in [0.1, 0.15) is 21.6 Å². The van der Waals surface area contributed by atoms with Crippen LogP contribution in [-0.4, -0.2) is 56.6 Å². The molecule has 1 aromatic carbocycles. The van der Waals surface area contributed by atoms with E-state index in [1.54, 1.807) is 19.0 Å². The number of aryl methyl sites for hydroxylation is 1. The van der Waals surface area contributed by atoms with E-state index in [0.29, 0.717) is 24.3 Å². The van der Waals surface area contributed by atoms with Crippen molar-refractivity contribution in [2.45, 2.75) is 13.5 Å². The molecule has 1 aromatic heterocycles. The highest BCUT2D eigenvalue weighted by Gasteiger charge is 2.22. The predicted molar refractivity (Wildman–Crippen MR) is 92.0 cm³/mol. The van der Waals surface area contributed by atoms with E-state index < -0.39 is 5.97 Å². The third-order valence-electron chi connectivity index (χ3n) is 4.04. The number of hydrogen-bond donors (Lipinski definition) is 1. The van der Waals surface area contributed by atoms with Crippen molar-refractivity contribution in [2.24, 2.45) is 0 Å². The number of nitrogens with zero attached hydrogens (tertiary/aromatic N) is 2. The van der Waals surface area contributed by atoms with E-state index in [2.05, 4.69) is 4.98 Å². The molecular formula is C18H24N3O3+. The number of carbonyl (C=O) groups is 2. The SMILES string of the molecule is COC(=O)c1c(C[NH+](C)CC(=O)N(C)C)nc2ccccc2c1C. The van der Waals surface area contributed by atoms with E-state index in [4.69, 9.17) is 4.74 Å². The van der Waals surface area contributed by atoms with Crippen LogP contribution in [0.25, 0.3) is 10.9 Å². The largest absolute Gasteiger partial charge is 0.465 e. The second kappa shape index (κ2) is 7.40. The Hall–Kier alpha value is -2.47. The molecule has 1 heterocycles. The molecular weight excluding hydrogens is 306 g/mol. The number of likely N-dealkylation sites (N-methyl/N-ethyl adjacent to an activating group) is 2. The molecule has 1 unspecified atom stereocenters. The van der Waals surface area contributed by atoms with Crippen LogP contribution >= 0.6 is 0 Å². The number of methoxy groups -OCH3 is 1. The van der Waals surface area contributed by atoms with Gasteiger partial charge in [0.15, 0.2) is 6.54 Å². The normalized spacial score (nSPS) is 12.0. The average molecular weight is 330 g/mol. The number of amides is 1. The summed E-state index contributed by atoms with van der Waals surface area (Å²) in [6.07, 6.45) is 0. The number of fused-ring (bicyclic) bond motifs is 1. The first-order valence-corrected chi connectivity index (χ1v) is 7.83. The number of para-hydroxylation sites is 1. The van der Waals surface area contributed by atoms with Gasteiger partial charge in [0.25, 0.3) is 5.91 Å². The molecule has 0 bridgehead atoms. The minimum Gasteiger partial charge on any atom is -0.465 e. The van der Waals surface area contributed by atoms with Gasteiger partial charge in [-0.2, -0.15) is 0 Å². The summed E-state index contributed by atoms with van der Waals surface area (Å²) in [5, 5.41) is 0.934. The highest BCUT2D eigenvalue weighted by molar-refractivity contribution is 5.98. The molecule has 0 aliphatic carbocycles. The quantitative estimate of drug-likeness (QED) is 0.808. The van der Waals surface area contributed by atoms with Crippen molar-refractivity contribution < 1.29 is 19.2 Å². The van der Waals surface area contributed by atoms with Gasteiger partial charge in [-0.25, -0.2) is 9.78 Å². The number of pyridine rings is 1. The standard InChI is InChI=1S/C18H23N3O3/c1-12-13-8-6-7-9-14(13)19-15(17(12)18(23)24-5)10-21(4)11-16(22)20(2)3/h6-9H,10-11H2,1-5H3/p+1. The molecule has 0 saturated carbocycles. The van der Waals surface area contributed by atoms with Crippen LogP contribution in [0.2, 0.25) is 0 Å². The van der Waals surface area contributed by atoms with Crippen molar-refractivity contribution in [3.05, 3.63) is 41.1 Å². The summed E-state index contributed by atoms with van der Waals surface area (Å²) in [7, 11) is 6.74. The summed E-state index contributed by atoms with van der Waals surface area (Å²) in [6, 6.07) is 7.71. The van der Waals surface area contributed by atoms with E-state index in [1.807, 2.05) is 38.2 Å². The minimum absolute atomic E-state index is 0.0321. The molecule has 0 radical (unpaired) electrons. The third kappa shape index (κ3) is 3.71. The Morgan fingerprint density at radius 1 is 1.25 bits per heavy atom. The number of aromatic nitrogens is 1. The van der Waals surface area contributed by atoms with E-state index in [9.17, 15) is 9.59 Å². The summed E-state index contributed by atoms with van der Waals surface area (Å²) in [6.45, 7) is 2.71. The van der Waals surface area contributed by atoms with Gasteiger partial charge in [0, 0.05) is 19.5 Å². The zero-order chi connectivity index (χ0) is 17.9. The van der Waals surface area contributed by atoms with Crippen LogP contribution in [0.5, 0.6) is 0 Å². The number of benzene rings is 1. The lowest BCUT2D eigenvalue weighted by molar-refractivity contribution is -0.886. The Morgan fingerprint density at radius 3 is 2.54 bits per heavy atom. The fraction of sp³-hybridized carbons (Fsp3) is 0.389. The van der Waals surface area contributed by atoms with Crippen LogP contribution in [0.15, 0.2) is 24.3 Å². The van der Waals surface area contributed by atoms with Gasteiger partial charge in [-0.05, 0) is 18.6 Å². The summed E-state index contributed by atoms with van der Waals surface area (Å²) >= 11 is 0. The molecule has 1 atom stereocenters. The van der Waals surface area contributed by atoms with Crippen LogP contribution in [-0.2, 0) is 16.1 Å². The molecule has 2 aromatic rings. The molecule has 2 rings (SSSR count). The monoisotopic (exact) mass is 330 g/mol. The van der Waals surface area contributed by atoms with Gasteiger partial charge < -0.3 is 14.5 Å². The van der Waals surface area contributed by atoms with Crippen LogP contribution in [0.3, 0.4) is 0 Å². The van der Waals surface area contributed by atoms with E-state index in [1.165, 1.54) is 7.11 Å². The highest BCUT2D eigenvalue weighted by atomic mass is 16.5. The van der Waals surface area contributed by atoms with Crippen molar-refractivity contribution in [1.82, 2.24) is 9.88 Å². The summed E-state index contributed by atoms with van der Waals surface area (Å²) < 4.78 is 4.94. The molecule has 0 fully saturated rings. The van der Waals surface area contributed by atoms with Crippen molar-refractivity contribution in [2.75, 3.05) is 34.8 Å². The van der Waals surface area contributed by atoms with Gasteiger partial charge in [0.1, 0.15) is 12.2 Å². The van der Waals surface area contributed by atoms with Gasteiger partial charge in [-0.3, -0.25) is 4.79 Å². The summed E-state index contributed by atoms with van der Waals surface area (Å²) in [5.41, 5.74) is 2.84. The molecule has 128 valence electrons. The van der Waals surface area contributed by atoms with Gasteiger partial charge in [0.2, 0.25) is 0 Å². The number of rotatable bonds is 5. The van der Waals surface area contributed by atoms with Crippen molar-refractivity contribution in [3.63, 3.8) is 0 Å². The molecule has 0 aliphatic heterocycles. The van der Waals surface area contributed by atoms with Gasteiger partial charge >= 0.3 is 5.97 Å². The topological polar surface area (TPSA) is 63.9 Å². The first kappa shape index (κ1) is 17.9. The Kier molecular flexibility index (Phi) is 5.51. The van der Waals surface area contributed by atoms with E-state index in [0.717, 1.165) is 21.4 Å². The van der Waals surface area contributed by atoms with Gasteiger partial charge in [-0.1, -0.05) is 18.2 Å². The summed E-state index contributed by atoms with van der Waals surface area (Å²) in [4.78, 5) is 31.3. The number of hydrogen-bond acceptors (Lipinski definition) is 4. The minimum atomic E-state index is -0.396. The van der Waals surface area contributed by atoms with Gasteiger partial charge in [0.05, 0.1) is 25.2 Å². The number of carbonyl (C=O) groups excluding carboxylic acids is 2. The molecule has 24 heavy (non-hydrogen) atoms. The fourth-order valence-corrected chi connectivity index (χ4v) is 2.71. The number of esters is 1. The maximum absolute atomic E-state index is 12.3. The first-order valence-electron chi connectivity index (χ1n) is 7.83. The molecule has 1 N–H and O–H groups in total. The maximum atomic E-state index is 12.3. The van der Waals surface area contributed by atoms with E-state index in [-0.39, 0.29) is 5.91 Å². The van der Waals surface area contributed by atoms with Crippen molar-refractivity contribution in [1.29, 1.82) is 0 Å². The predicted octanol–water partition coefficient (Wildman–Crippen LogP) is 0.433. The summed E-state index contributed by atoms with van der Waals surface area (Å²) in [5.74, 6) is -0.364. The highest BCUT2D eigenvalue weighted by Crippen LogP contribution is 2.23. The lowest BCUT2D eigenvalue weighted by Gasteiger charge is -2.18.